The number of hydrogen-bond acceptors (Lipinski definition) is 5. The van der Waals surface area contributed by atoms with Crippen molar-refractivity contribution in [2.24, 2.45) is 0 Å². The van der Waals surface area contributed by atoms with Gasteiger partial charge in [0, 0.05) is 18.7 Å². The Morgan fingerprint density at radius 3 is 2.16 bits per heavy atom. The topological polar surface area (TPSA) is 98.7 Å². The van der Waals surface area contributed by atoms with Crippen LogP contribution in [0.1, 0.15) is 46.5 Å². The number of carbonyl (C=O) groups is 1. The van der Waals surface area contributed by atoms with Gasteiger partial charge in [0.25, 0.3) is 5.91 Å². The van der Waals surface area contributed by atoms with Gasteiger partial charge < -0.3 is 15.7 Å². The molecule has 4 rings (SSSR count). The van der Waals surface area contributed by atoms with Crippen molar-refractivity contribution < 1.29 is 22.7 Å². The molecule has 0 bridgehead atoms. The second-order valence-electron chi connectivity index (χ2n) is 11.5. The van der Waals surface area contributed by atoms with Gasteiger partial charge in [-0.1, -0.05) is 78.9 Å². The number of halogens is 1. The van der Waals surface area contributed by atoms with E-state index < -0.39 is 33.7 Å². The molecular weight excluding hydrogens is 577 g/mol. The Balaban J connectivity index is 1.55. The normalized spacial score (nSPS) is 13.2. The molecule has 4 aromatic carbocycles. The fraction of sp³-hybridized carbons (Fsp3) is 0.286. The third-order valence-corrected chi connectivity index (χ3v) is 8.54. The maximum absolute atomic E-state index is 14.4. The van der Waals surface area contributed by atoms with E-state index in [1.54, 1.807) is 67.6 Å². The van der Waals surface area contributed by atoms with Crippen LogP contribution in [0, 0.1) is 6.92 Å². The second-order valence-corrected chi connectivity index (χ2v) is 13.3. The summed E-state index contributed by atoms with van der Waals surface area (Å²) in [6.07, 6.45) is 0.541. The summed E-state index contributed by atoms with van der Waals surface area (Å²) < 4.78 is 41.4. The molecule has 0 aromatic heterocycles. The van der Waals surface area contributed by atoms with Gasteiger partial charge >= 0.3 is 0 Å². The highest BCUT2D eigenvalue weighted by atomic mass is 32.2. The predicted octanol–water partition coefficient (Wildman–Crippen LogP) is 5.79. The summed E-state index contributed by atoms with van der Waals surface area (Å²) in [5.41, 5.74) is 2.54. The molecule has 0 unspecified atom stereocenters. The Bertz CT molecular complexity index is 1660. The van der Waals surface area contributed by atoms with Crippen molar-refractivity contribution in [2.45, 2.75) is 51.6 Å². The van der Waals surface area contributed by atoms with E-state index >= 15 is 0 Å². The fourth-order valence-electron chi connectivity index (χ4n) is 5.12. The fourth-order valence-corrected chi connectivity index (χ4v) is 6.18. The van der Waals surface area contributed by atoms with Crippen molar-refractivity contribution >= 4 is 27.3 Å². The van der Waals surface area contributed by atoms with Gasteiger partial charge in [0.1, 0.15) is 5.67 Å². The molecule has 2 atom stereocenters. The van der Waals surface area contributed by atoms with Crippen LogP contribution in [0.15, 0.2) is 103 Å². The maximum Gasteiger partial charge on any atom is 0.251 e. The van der Waals surface area contributed by atoms with Gasteiger partial charge in [0.15, 0.2) is 0 Å². The van der Waals surface area contributed by atoms with Gasteiger partial charge in [-0.3, -0.25) is 4.79 Å². The molecule has 0 aliphatic heterocycles. The van der Waals surface area contributed by atoms with Crippen molar-refractivity contribution in [1.82, 2.24) is 10.6 Å². The van der Waals surface area contributed by atoms with Crippen LogP contribution >= 0.6 is 0 Å². The number of benzene rings is 4. The Morgan fingerprint density at radius 2 is 1.52 bits per heavy atom. The van der Waals surface area contributed by atoms with Crippen molar-refractivity contribution in [2.75, 3.05) is 17.1 Å². The number of para-hydroxylation sites is 1. The summed E-state index contributed by atoms with van der Waals surface area (Å²) >= 11 is 0. The lowest BCUT2D eigenvalue weighted by molar-refractivity contribution is 0.0829. The molecule has 232 valence electrons. The molecule has 3 N–H and O–H groups in total. The van der Waals surface area contributed by atoms with E-state index in [0.29, 0.717) is 41.0 Å². The van der Waals surface area contributed by atoms with Crippen molar-refractivity contribution in [3.63, 3.8) is 0 Å². The molecule has 0 radical (unpaired) electrons. The average molecular weight is 618 g/mol. The summed E-state index contributed by atoms with van der Waals surface area (Å²) in [6, 6.07) is 29.8. The lowest BCUT2D eigenvalue weighted by atomic mass is 9.98. The average Bonchev–Trinajstić information content (AvgIpc) is 2.98. The van der Waals surface area contributed by atoms with Crippen molar-refractivity contribution in [3.05, 3.63) is 131 Å². The molecule has 0 aliphatic carbocycles. The van der Waals surface area contributed by atoms with E-state index in [1.165, 1.54) is 18.2 Å². The summed E-state index contributed by atoms with van der Waals surface area (Å²) in [4.78, 5) is 13.7. The number of aliphatic hydroxyl groups excluding tert-OH is 1. The van der Waals surface area contributed by atoms with E-state index in [2.05, 4.69) is 10.6 Å². The quantitative estimate of drug-likeness (QED) is 0.177. The number of rotatable bonds is 13. The molecule has 0 saturated heterocycles. The standard InChI is InChI=1S/C35H40FN3O4S/c1-25-30(19-12-20-32(25)39(44(4,42)43)29-17-9-6-10-18-29)34(41)38-31(22-26-13-7-5-8-14-26)33(40)24-37-23-27-15-11-16-28(21-27)35(2,3)36/h5-21,31,33,37,40H,22-24H2,1-4H3,(H,38,41)/t31-,33+/m0/s1. The molecule has 0 aliphatic rings. The van der Waals surface area contributed by atoms with Crippen LogP contribution in [0.4, 0.5) is 15.8 Å². The SMILES string of the molecule is Cc1c(C(=O)N[C@@H](Cc2ccccc2)[C@H](O)CNCc2cccc(C(C)(C)F)c2)cccc1N(c1ccccc1)S(C)(=O)=O. The van der Waals surface area contributed by atoms with Crippen molar-refractivity contribution in [1.29, 1.82) is 0 Å². The van der Waals surface area contributed by atoms with Crippen LogP contribution in [0.25, 0.3) is 0 Å². The van der Waals surface area contributed by atoms with Gasteiger partial charge in [-0.15, -0.1) is 0 Å². The highest BCUT2D eigenvalue weighted by Gasteiger charge is 2.27. The number of nitrogens with one attached hydrogen (secondary N) is 2. The minimum atomic E-state index is -3.72. The smallest absolute Gasteiger partial charge is 0.251 e. The summed E-state index contributed by atoms with van der Waals surface area (Å²) in [5, 5.41) is 17.5. The molecule has 9 heteroatoms. The second kappa shape index (κ2) is 14.2. The van der Waals surface area contributed by atoms with Gasteiger partial charge in [-0.05, 0) is 73.7 Å². The van der Waals surface area contributed by atoms with E-state index in [1.807, 2.05) is 42.5 Å². The van der Waals surface area contributed by atoms with Crippen LogP contribution in [0.3, 0.4) is 0 Å². The van der Waals surface area contributed by atoms with Gasteiger partial charge in [0.05, 0.1) is 29.8 Å². The molecule has 1 amide bonds. The molecule has 0 fully saturated rings. The van der Waals surface area contributed by atoms with Crippen molar-refractivity contribution in [3.8, 4) is 0 Å². The first-order valence-corrected chi connectivity index (χ1v) is 16.4. The zero-order valence-corrected chi connectivity index (χ0v) is 26.3. The molecule has 0 saturated carbocycles. The number of nitrogens with zero attached hydrogens (tertiary/aromatic N) is 1. The monoisotopic (exact) mass is 617 g/mol. The molecule has 0 spiro atoms. The third kappa shape index (κ3) is 8.53. The van der Waals surface area contributed by atoms with Crippen LogP contribution in [0.2, 0.25) is 0 Å². The first-order valence-electron chi connectivity index (χ1n) is 14.5. The number of alkyl halides is 1. The number of amides is 1. The minimum absolute atomic E-state index is 0.176. The van der Waals surface area contributed by atoms with E-state index in [0.717, 1.165) is 17.4 Å². The zero-order valence-electron chi connectivity index (χ0n) is 25.5. The summed E-state index contributed by atoms with van der Waals surface area (Å²) in [7, 11) is -3.72. The van der Waals surface area contributed by atoms with Crippen LogP contribution in [-0.2, 0) is 28.7 Å². The van der Waals surface area contributed by atoms with Gasteiger partial charge in [-0.25, -0.2) is 17.1 Å². The molecule has 7 nitrogen and oxygen atoms in total. The summed E-state index contributed by atoms with van der Waals surface area (Å²) in [5.74, 6) is -0.427. The first kappa shape index (κ1) is 32.9. The lowest BCUT2D eigenvalue weighted by Crippen LogP contribution is -2.48. The zero-order chi connectivity index (χ0) is 31.9. The first-order chi connectivity index (χ1) is 20.8. The largest absolute Gasteiger partial charge is 0.390 e. The third-order valence-electron chi connectivity index (χ3n) is 7.47. The van der Waals surface area contributed by atoms with E-state index in [-0.39, 0.29) is 6.54 Å². The number of anilines is 2. The molecule has 4 aromatic rings. The lowest BCUT2D eigenvalue weighted by Gasteiger charge is -2.27. The number of sulfonamides is 1. The summed E-state index contributed by atoms with van der Waals surface area (Å²) in [6.45, 7) is 5.32. The Morgan fingerprint density at radius 1 is 0.909 bits per heavy atom. The maximum atomic E-state index is 14.4. The van der Waals surface area contributed by atoms with Gasteiger partial charge in [-0.2, -0.15) is 0 Å². The highest BCUT2D eigenvalue weighted by molar-refractivity contribution is 7.92. The minimum Gasteiger partial charge on any atom is -0.390 e. The predicted molar refractivity (Wildman–Crippen MR) is 174 cm³/mol. The Labute approximate surface area is 259 Å². The Kier molecular flexibility index (Phi) is 10.6. The van der Waals surface area contributed by atoms with E-state index in [9.17, 15) is 22.7 Å². The van der Waals surface area contributed by atoms with Crippen LogP contribution in [0.5, 0.6) is 0 Å². The molecule has 0 heterocycles. The highest BCUT2D eigenvalue weighted by Crippen LogP contribution is 2.32. The van der Waals surface area contributed by atoms with E-state index in [4.69, 9.17) is 0 Å². The molecular formula is C35H40FN3O4S. The number of aliphatic hydroxyl groups is 1. The van der Waals surface area contributed by atoms with Crippen LogP contribution in [-0.4, -0.2) is 44.4 Å². The number of hydrogen-bond donors (Lipinski definition) is 3. The molecule has 44 heavy (non-hydrogen) atoms. The van der Waals surface area contributed by atoms with Crippen LogP contribution < -0.4 is 14.9 Å². The van der Waals surface area contributed by atoms with Gasteiger partial charge in [0.2, 0.25) is 10.0 Å². The Hall–Kier alpha value is -4.05. The number of carbonyl (C=O) groups excluding carboxylic acids is 1.